The van der Waals surface area contributed by atoms with Crippen molar-refractivity contribution in [2.24, 2.45) is 28.1 Å². The lowest BCUT2D eigenvalue weighted by Crippen LogP contribution is -2.58. The summed E-state index contributed by atoms with van der Waals surface area (Å²) in [5, 5.41) is 28.5. The van der Waals surface area contributed by atoms with Crippen LogP contribution < -0.4 is 33.2 Å². The monoisotopic (exact) mass is 508 g/mol. The van der Waals surface area contributed by atoms with Crippen molar-refractivity contribution in [3.63, 3.8) is 0 Å². The molecule has 0 heterocycles. The molecule has 3 amide bonds. The molecule has 10 N–H and O–H groups in total. The Hall–Kier alpha value is -3.78. The second-order valence-electron chi connectivity index (χ2n) is 8.77. The van der Waals surface area contributed by atoms with Gasteiger partial charge in [0.05, 0.1) is 17.1 Å². The van der Waals surface area contributed by atoms with Gasteiger partial charge in [0.2, 0.25) is 17.7 Å². The number of nitro benzene ring substituents is 1. The average Bonchev–Trinajstić information content (AvgIpc) is 2.78. The molecule has 0 fully saturated rings. The van der Waals surface area contributed by atoms with Crippen molar-refractivity contribution in [2.75, 3.05) is 11.9 Å². The van der Waals surface area contributed by atoms with E-state index in [0.717, 1.165) is 0 Å². The summed E-state index contributed by atoms with van der Waals surface area (Å²) < 4.78 is 0. The zero-order valence-corrected chi connectivity index (χ0v) is 20.6. The van der Waals surface area contributed by atoms with Gasteiger partial charge < -0.3 is 38.3 Å². The number of hydrogen-bond acceptors (Lipinski definition) is 8. The number of anilines is 1. The molecule has 0 aromatic heterocycles. The number of aliphatic imine (C=N–C) groups is 1. The van der Waals surface area contributed by atoms with Gasteiger partial charge in [-0.3, -0.25) is 29.5 Å². The Morgan fingerprint density at radius 1 is 1.06 bits per heavy atom. The number of guanidine groups is 1. The molecule has 4 atom stereocenters. The van der Waals surface area contributed by atoms with Crippen molar-refractivity contribution in [1.82, 2.24) is 10.6 Å². The van der Waals surface area contributed by atoms with Crippen LogP contribution in [0.4, 0.5) is 11.4 Å². The highest BCUT2D eigenvalue weighted by molar-refractivity contribution is 5.98. The van der Waals surface area contributed by atoms with Gasteiger partial charge in [-0.2, -0.15) is 0 Å². The van der Waals surface area contributed by atoms with Crippen LogP contribution in [-0.4, -0.2) is 64.5 Å². The smallest absolute Gasteiger partial charge is 0.269 e. The SMILES string of the molecule is CC(C)C[C@@H](N)C(=O)N[C@H](C(=O)N[C@@H](CCCN=C(N)N)C(=O)Nc1ccc([N+](=O)[O-])cc1)[C@H](C)O. The highest BCUT2D eigenvalue weighted by Crippen LogP contribution is 2.16. The molecule has 36 heavy (non-hydrogen) atoms. The number of aliphatic hydroxyl groups is 1. The Labute approximate surface area is 209 Å². The normalized spacial score (nSPS) is 14.2. The van der Waals surface area contributed by atoms with Crippen molar-refractivity contribution >= 4 is 35.1 Å². The fourth-order valence-electron chi connectivity index (χ4n) is 3.21. The maximum Gasteiger partial charge on any atom is 0.269 e. The molecule has 0 saturated carbocycles. The van der Waals surface area contributed by atoms with Crippen LogP contribution in [0.5, 0.6) is 0 Å². The van der Waals surface area contributed by atoms with Gasteiger partial charge in [0.25, 0.3) is 5.69 Å². The minimum atomic E-state index is -1.36. The Bertz CT molecular complexity index is 931. The van der Waals surface area contributed by atoms with E-state index in [9.17, 15) is 29.6 Å². The fraction of sp³-hybridized carbons (Fsp3) is 0.545. The number of nitrogens with one attached hydrogen (secondary N) is 3. The second-order valence-corrected chi connectivity index (χ2v) is 8.77. The van der Waals surface area contributed by atoms with Gasteiger partial charge in [0, 0.05) is 24.4 Å². The molecule has 0 aliphatic heterocycles. The molecule has 1 rings (SSSR count). The molecule has 0 aliphatic carbocycles. The van der Waals surface area contributed by atoms with Gasteiger partial charge in [-0.05, 0) is 44.2 Å². The first-order valence-electron chi connectivity index (χ1n) is 11.5. The van der Waals surface area contributed by atoms with Gasteiger partial charge in [0.15, 0.2) is 5.96 Å². The second kappa shape index (κ2) is 14.6. The van der Waals surface area contributed by atoms with Crippen LogP contribution in [0.25, 0.3) is 0 Å². The fourth-order valence-corrected chi connectivity index (χ4v) is 3.21. The van der Waals surface area contributed by atoms with E-state index in [1.165, 1.54) is 31.2 Å². The van der Waals surface area contributed by atoms with Crippen molar-refractivity contribution in [3.8, 4) is 0 Å². The Morgan fingerprint density at radius 3 is 2.17 bits per heavy atom. The first-order chi connectivity index (χ1) is 16.8. The number of rotatable bonds is 14. The first kappa shape index (κ1) is 30.3. The number of nitro groups is 1. The predicted molar refractivity (Wildman–Crippen MR) is 135 cm³/mol. The highest BCUT2D eigenvalue weighted by atomic mass is 16.6. The predicted octanol–water partition coefficient (Wildman–Crippen LogP) is -0.689. The molecule has 0 radical (unpaired) electrons. The summed E-state index contributed by atoms with van der Waals surface area (Å²) >= 11 is 0. The number of nitrogens with zero attached hydrogens (tertiary/aromatic N) is 2. The molecular weight excluding hydrogens is 472 g/mol. The number of benzene rings is 1. The third kappa shape index (κ3) is 10.7. The quantitative estimate of drug-likeness (QED) is 0.0552. The third-order valence-electron chi connectivity index (χ3n) is 5.05. The van der Waals surface area contributed by atoms with Crippen LogP contribution in [0.1, 0.15) is 40.0 Å². The van der Waals surface area contributed by atoms with Crippen LogP contribution >= 0.6 is 0 Å². The number of non-ortho nitro benzene ring substituents is 1. The lowest BCUT2D eigenvalue weighted by molar-refractivity contribution is -0.384. The summed E-state index contributed by atoms with van der Waals surface area (Å²) in [6, 6.07) is 1.82. The largest absolute Gasteiger partial charge is 0.391 e. The van der Waals surface area contributed by atoms with E-state index in [-0.39, 0.29) is 36.2 Å². The summed E-state index contributed by atoms with van der Waals surface area (Å²) in [5.74, 6) is -2.00. The zero-order valence-electron chi connectivity index (χ0n) is 20.6. The molecule has 1 aromatic rings. The summed E-state index contributed by atoms with van der Waals surface area (Å²) in [6.45, 7) is 5.30. The maximum absolute atomic E-state index is 12.9. The lowest BCUT2D eigenvalue weighted by atomic mass is 10.0. The molecule has 1 aromatic carbocycles. The molecule has 0 aliphatic rings. The number of nitrogens with two attached hydrogens (primary N) is 3. The number of aliphatic hydroxyl groups excluding tert-OH is 1. The van der Waals surface area contributed by atoms with Gasteiger partial charge in [-0.1, -0.05) is 13.8 Å². The van der Waals surface area contributed by atoms with Crippen LogP contribution in [0.3, 0.4) is 0 Å². The molecular formula is C22H36N8O6. The minimum absolute atomic E-state index is 0.120. The van der Waals surface area contributed by atoms with Crippen LogP contribution in [0.15, 0.2) is 29.3 Å². The van der Waals surface area contributed by atoms with E-state index in [1.54, 1.807) is 0 Å². The summed E-state index contributed by atoms with van der Waals surface area (Å²) in [6.07, 6.45) is -0.457. The van der Waals surface area contributed by atoms with Crippen molar-refractivity contribution < 1.29 is 24.4 Å². The molecule has 0 saturated heterocycles. The van der Waals surface area contributed by atoms with E-state index in [0.29, 0.717) is 12.8 Å². The van der Waals surface area contributed by atoms with E-state index >= 15 is 0 Å². The summed E-state index contributed by atoms with van der Waals surface area (Å²) in [5.41, 5.74) is 16.6. The highest BCUT2D eigenvalue weighted by Gasteiger charge is 2.31. The van der Waals surface area contributed by atoms with Crippen LogP contribution in [0.2, 0.25) is 0 Å². The Morgan fingerprint density at radius 2 is 1.67 bits per heavy atom. The van der Waals surface area contributed by atoms with E-state index < -0.39 is 46.9 Å². The minimum Gasteiger partial charge on any atom is -0.391 e. The molecule has 0 unspecified atom stereocenters. The molecule has 200 valence electrons. The maximum atomic E-state index is 12.9. The van der Waals surface area contributed by atoms with Crippen molar-refractivity contribution in [3.05, 3.63) is 34.4 Å². The number of amides is 3. The standard InChI is InChI=1S/C22H36N8O6/c1-12(2)11-16(23)19(32)29-18(13(3)31)21(34)28-17(5-4-10-26-22(24)25)20(33)27-14-6-8-15(9-7-14)30(35)36/h6-9,12-13,16-18,31H,4-5,10-11,23H2,1-3H3,(H,27,33)(H,28,34)(H,29,32)(H4,24,25,26)/t13-,16+,17-,18-/m0/s1. The third-order valence-corrected chi connectivity index (χ3v) is 5.05. The molecule has 14 heteroatoms. The molecule has 14 nitrogen and oxygen atoms in total. The number of carbonyl (C=O) groups is 3. The van der Waals surface area contributed by atoms with Gasteiger partial charge >= 0.3 is 0 Å². The van der Waals surface area contributed by atoms with Crippen molar-refractivity contribution in [1.29, 1.82) is 0 Å². The Balaban J connectivity index is 2.99. The van der Waals surface area contributed by atoms with Crippen molar-refractivity contribution in [2.45, 2.75) is 64.3 Å². The number of carbonyl (C=O) groups excluding carboxylic acids is 3. The average molecular weight is 509 g/mol. The zero-order chi connectivity index (χ0) is 27.4. The van der Waals surface area contributed by atoms with Gasteiger partial charge in [0.1, 0.15) is 12.1 Å². The Kier molecular flexibility index (Phi) is 12.3. The topological polar surface area (TPSA) is 241 Å². The van der Waals surface area contributed by atoms with Gasteiger partial charge in [-0.15, -0.1) is 0 Å². The number of hydrogen-bond donors (Lipinski definition) is 7. The van der Waals surface area contributed by atoms with Gasteiger partial charge in [-0.25, -0.2) is 0 Å². The van der Waals surface area contributed by atoms with E-state index in [4.69, 9.17) is 17.2 Å². The molecule has 0 spiro atoms. The van der Waals surface area contributed by atoms with E-state index in [1.807, 2.05) is 13.8 Å². The molecule has 0 bridgehead atoms. The first-order valence-corrected chi connectivity index (χ1v) is 11.5. The van der Waals surface area contributed by atoms with Crippen LogP contribution in [-0.2, 0) is 14.4 Å². The summed E-state index contributed by atoms with van der Waals surface area (Å²) in [4.78, 5) is 52.4. The van der Waals surface area contributed by atoms with E-state index in [2.05, 4.69) is 20.9 Å². The summed E-state index contributed by atoms with van der Waals surface area (Å²) in [7, 11) is 0. The van der Waals surface area contributed by atoms with Crippen LogP contribution in [0, 0.1) is 16.0 Å². The lowest BCUT2D eigenvalue weighted by Gasteiger charge is -2.26.